The van der Waals surface area contributed by atoms with Crippen LogP contribution in [-0.2, 0) is 30.4 Å². The summed E-state index contributed by atoms with van der Waals surface area (Å²) in [5, 5.41) is 12.8. The van der Waals surface area contributed by atoms with Gasteiger partial charge in [0.05, 0.1) is 0 Å². The number of nitrogens with zero attached hydrogens (tertiary/aromatic N) is 3. The molecule has 0 saturated heterocycles. The number of hydrogen-bond acceptors (Lipinski definition) is 4. The second-order valence-corrected chi connectivity index (χ2v) is 6.91. The average Bonchev–Trinajstić information content (AvgIpc) is 2.93. The van der Waals surface area contributed by atoms with Gasteiger partial charge in [0.15, 0.2) is 0 Å². The van der Waals surface area contributed by atoms with Gasteiger partial charge in [0.2, 0.25) is 5.95 Å². The largest absolute Gasteiger partial charge is 0.480 e. The number of anilines is 1. The lowest BCUT2D eigenvalue weighted by molar-refractivity contribution is -0.141. The van der Waals surface area contributed by atoms with E-state index in [1.165, 1.54) is 12.1 Å². The Hall–Kier alpha value is -3.17. The van der Waals surface area contributed by atoms with Crippen molar-refractivity contribution in [1.82, 2.24) is 14.5 Å². The summed E-state index contributed by atoms with van der Waals surface area (Å²) in [5.41, 5.74) is 1.17. The molecule has 0 saturated carbocycles. The maximum Gasteiger partial charge on any atom is 0.433 e. The molecular formula is C19H16F4N4O2. The highest BCUT2D eigenvalue weighted by molar-refractivity contribution is 5.87. The standard InChI is InChI=1S/C19H16F4N4O2/c20-10-1-3-14-12(7-10)13-8-11(2-4-15(13)27(14)9-17(28)29)25-18-24-6-5-16(26-18)19(21,22)23/h1,3,5-7,11H,2,4,8-9H2,(H,28,29)(H,24,25,26)/t11-/m1/s1. The molecule has 2 heterocycles. The van der Waals surface area contributed by atoms with Gasteiger partial charge in [-0.05, 0) is 49.1 Å². The number of benzene rings is 1. The summed E-state index contributed by atoms with van der Waals surface area (Å²) >= 11 is 0. The van der Waals surface area contributed by atoms with Gasteiger partial charge in [-0.25, -0.2) is 14.4 Å². The molecule has 6 nitrogen and oxygen atoms in total. The lowest BCUT2D eigenvalue weighted by Crippen LogP contribution is -2.29. The summed E-state index contributed by atoms with van der Waals surface area (Å²) in [4.78, 5) is 18.6. The summed E-state index contributed by atoms with van der Waals surface area (Å²) in [6, 6.07) is 4.71. The first kappa shape index (κ1) is 19.2. The number of fused-ring (bicyclic) bond motifs is 3. The highest BCUT2D eigenvalue weighted by Gasteiger charge is 2.33. The number of aliphatic carboxylic acids is 1. The minimum Gasteiger partial charge on any atom is -0.480 e. The number of aromatic nitrogens is 3. The molecule has 3 aromatic rings. The van der Waals surface area contributed by atoms with Gasteiger partial charge >= 0.3 is 12.1 Å². The van der Waals surface area contributed by atoms with Crippen LogP contribution in [0, 0.1) is 5.82 Å². The Bertz CT molecular complexity index is 1090. The molecule has 0 unspecified atom stereocenters. The summed E-state index contributed by atoms with van der Waals surface area (Å²) in [6.07, 6.45) is -2.09. The molecule has 0 bridgehead atoms. The average molecular weight is 408 g/mol. The lowest BCUT2D eigenvalue weighted by atomic mass is 9.91. The molecule has 1 aliphatic rings. The topological polar surface area (TPSA) is 80.0 Å². The van der Waals surface area contributed by atoms with Crippen LogP contribution in [0.15, 0.2) is 30.5 Å². The Kier molecular flexibility index (Phi) is 4.64. The van der Waals surface area contributed by atoms with Crippen molar-refractivity contribution < 1.29 is 27.5 Å². The molecule has 29 heavy (non-hydrogen) atoms. The van der Waals surface area contributed by atoms with Crippen molar-refractivity contribution in [1.29, 1.82) is 0 Å². The van der Waals surface area contributed by atoms with Crippen molar-refractivity contribution in [2.45, 2.75) is 38.0 Å². The Morgan fingerprint density at radius 2 is 2.10 bits per heavy atom. The van der Waals surface area contributed by atoms with E-state index in [0.29, 0.717) is 30.2 Å². The van der Waals surface area contributed by atoms with E-state index in [0.717, 1.165) is 23.5 Å². The van der Waals surface area contributed by atoms with Crippen molar-refractivity contribution in [2.24, 2.45) is 0 Å². The second kappa shape index (κ2) is 7.02. The molecule has 1 aromatic carbocycles. The zero-order chi connectivity index (χ0) is 20.8. The van der Waals surface area contributed by atoms with Crippen LogP contribution in [0.1, 0.15) is 23.4 Å². The van der Waals surface area contributed by atoms with E-state index in [4.69, 9.17) is 0 Å². The SMILES string of the molecule is O=C(O)Cn1c2c(c3cc(F)ccc31)C[C@H](Nc1nccc(C(F)(F)F)n1)CC2. The molecule has 2 aromatic heterocycles. The van der Waals surface area contributed by atoms with Crippen LogP contribution >= 0.6 is 0 Å². The van der Waals surface area contributed by atoms with Crippen molar-refractivity contribution >= 4 is 22.8 Å². The quantitative estimate of drug-likeness (QED) is 0.645. The molecule has 0 radical (unpaired) electrons. The van der Waals surface area contributed by atoms with Gasteiger partial charge in [0, 0.05) is 28.8 Å². The third kappa shape index (κ3) is 3.74. The molecule has 2 N–H and O–H groups in total. The predicted octanol–water partition coefficient (Wildman–Crippen LogP) is 3.64. The van der Waals surface area contributed by atoms with Crippen molar-refractivity contribution in [3.63, 3.8) is 0 Å². The van der Waals surface area contributed by atoms with Gasteiger partial charge in [-0.3, -0.25) is 4.79 Å². The fourth-order valence-electron chi connectivity index (χ4n) is 3.83. The molecule has 1 atom stereocenters. The van der Waals surface area contributed by atoms with Gasteiger partial charge in [-0.2, -0.15) is 13.2 Å². The van der Waals surface area contributed by atoms with Gasteiger partial charge in [0.1, 0.15) is 18.1 Å². The van der Waals surface area contributed by atoms with Crippen LogP contribution in [0.3, 0.4) is 0 Å². The first-order valence-corrected chi connectivity index (χ1v) is 8.90. The van der Waals surface area contributed by atoms with Gasteiger partial charge in [-0.1, -0.05) is 0 Å². The van der Waals surface area contributed by atoms with E-state index < -0.39 is 23.7 Å². The maximum atomic E-state index is 13.8. The van der Waals surface area contributed by atoms with E-state index in [2.05, 4.69) is 15.3 Å². The van der Waals surface area contributed by atoms with Gasteiger partial charge < -0.3 is 15.0 Å². The third-order valence-electron chi connectivity index (χ3n) is 5.00. The third-order valence-corrected chi connectivity index (χ3v) is 5.00. The van der Waals surface area contributed by atoms with Crippen LogP contribution in [0.25, 0.3) is 10.9 Å². The maximum absolute atomic E-state index is 13.8. The fraction of sp³-hybridized carbons (Fsp3) is 0.316. The molecule has 10 heteroatoms. The second-order valence-electron chi connectivity index (χ2n) is 6.91. The molecular weight excluding hydrogens is 392 g/mol. The number of carbonyl (C=O) groups is 1. The zero-order valence-electron chi connectivity index (χ0n) is 15.0. The van der Waals surface area contributed by atoms with E-state index in [1.54, 1.807) is 10.6 Å². The summed E-state index contributed by atoms with van der Waals surface area (Å²) in [6.45, 7) is -0.244. The van der Waals surface area contributed by atoms with Crippen LogP contribution in [-0.4, -0.2) is 31.7 Å². The Morgan fingerprint density at radius 1 is 1.31 bits per heavy atom. The van der Waals surface area contributed by atoms with Crippen LogP contribution in [0.2, 0.25) is 0 Å². The molecule has 152 valence electrons. The van der Waals surface area contributed by atoms with Crippen LogP contribution in [0.5, 0.6) is 0 Å². The summed E-state index contributed by atoms with van der Waals surface area (Å²) < 4.78 is 54.0. The van der Waals surface area contributed by atoms with E-state index >= 15 is 0 Å². The Labute approximate surface area is 162 Å². The van der Waals surface area contributed by atoms with Gasteiger partial charge in [0.25, 0.3) is 0 Å². The first-order chi connectivity index (χ1) is 13.7. The highest BCUT2D eigenvalue weighted by atomic mass is 19.4. The number of carboxylic acids is 1. The molecule has 0 spiro atoms. The molecule has 0 fully saturated rings. The highest BCUT2D eigenvalue weighted by Crippen LogP contribution is 2.34. The number of halogens is 4. The van der Waals surface area contributed by atoms with Crippen molar-refractivity contribution in [2.75, 3.05) is 5.32 Å². The van der Waals surface area contributed by atoms with Gasteiger partial charge in [-0.15, -0.1) is 0 Å². The first-order valence-electron chi connectivity index (χ1n) is 8.90. The van der Waals surface area contributed by atoms with E-state index in [-0.39, 0.29) is 18.5 Å². The lowest BCUT2D eigenvalue weighted by Gasteiger charge is -2.25. The molecule has 1 aliphatic carbocycles. The minimum atomic E-state index is -4.57. The number of nitrogens with one attached hydrogen (secondary N) is 1. The smallest absolute Gasteiger partial charge is 0.433 e. The number of hydrogen-bond donors (Lipinski definition) is 2. The molecule has 0 aliphatic heterocycles. The van der Waals surface area contributed by atoms with Crippen LogP contribution < -0.4 is 5.32 Å². The number of alkyl halides is 3. The zero-order valence-corrected chi connectivity index (χ0v) is 15.0. The van der Waals surface area contributed by atoms with E-state index in [1.807, 2.05) is 0 Å². The molecule has 4 rings (SSSR count). The van der Waals surface area contributed by atoms with Crippen molar-refractivity contribution in [3.05, 3.63) is 53.2 Å². The van der Waals surface area contributed by atoms with Crippen molar-refractivity contribution in [3.8, 4) is 0 Å². The van der Waals surface area contributed by atoms with E-state index in [9.17, 15) is 27.5 Å². The monoisotopic (exact) mass is 408 g/mol. The fourth-order valence-corrected chi connectivity index (χ4v) is 3.83. The minimum absolute atomic E-state index is 0.131. The summed E-state index contributed by atoms with van der Waals surface area (Å²) in [7, 11) is 0. The summed E-state index contributed by atoms with van der Waals surface area (Å²) in [5.74, 6) is -1.58. The molecule has 0 amide bonds. The Balaban J connectivity index is 1.66. The number of carboxylic acid groups (broad SMARTS) is 1. The normalized spacial score (nSPS) is 16.6. The Morgan fingerprint density at radius 3 is 2.83 bits per heavy atom. The van der Waals surface area contributed by atoms with Crippen LogP contribution in [0.4, 0.5) is 23.5 Å². The predicted molar refractivity (Wildman–Crippen MR) is 96.0 cm³/mol. The number of rotatable bonds is 4.